The lowest BCUT2D eigenvalue weighted by atomic mass is 10.1. The van der Waals surface area contributed by atoms with Crippen molar-refractivity contribution in [3.8, 4) is 0 Å². The van der Waals surface area contributed by atoms with Crippen LogP contribution in [0.3, 0.4) is 0 Å². The predicted molar refractivity (Wildman–Crippen MR) is 39.2 cm³/mol. The quantitative estimate of drug-likeness (QED) is 0.536. The molecule has 0 spiro atoms. The lowest BCUT2D eigenvalue weighted by molar-refractivity contribution is 0.0429. The fourth-order valence-corrected chi connectivity index (χ4v) is 0.530. The van der Waals surface area contributed by atoms with Crippen molar-refractivity contribution < 1.29 is 8.78 Å². The van der Waals surface area contributed by atoms with Gasteiger partial charge in [0.25, 0.3) is 5.92 Å². The molecular formula is C8H12F2. The summed E-state index contributed by atoms with van der Waals surface area (Å²) in [4.78, 5) is 0. The maximum absolute atomic E-state index is 12.6. The Balaban J connectivity index is 4.13. The summed E-state index contributed by atoms with van der Waals surface area (Å²) in [6.45, 7) is 9.49. The fourth-order valence-electron chi connectivity index (χ4n) is 0.530. The molecular weight excluding hydrogens is 134 g/mol. The highest BCUT2D eigenvalue weighted by molar-refractivity contribution is 5.09. The lowest BCUT2D eigenvalue weighted by Gasteiger charge is -2.15. The van der Waals surface area contributed by atoms with Gasteiger partial charge in [0.1, 0.15) is 0 Å². The molecule has 0 fully saturated rings. The smallest absolute Gasteiger partial charge is 0.201 e. The van der Waals surface area contributed by atoms with E-state index in [0.717, 1.165) is 0 Å². The van der Waals surface area contributed by atoms with Crippen LogP contribution in [-0.2, 0) is 0 Å². The Labute approximate surface area is 60.2 Å². The molecule has 0 aromatic rings. The predicted octanol–water partition coefficient (Wildman–Crippen LogP) is 3.16. The van der Waals surface area contributed by atoms with Gasteiger partial charge in [0, 0.05) is 6.42 Å². The van der Waals surface area contributed by atoms with Crippen molar-refractivity contribution in [2.24, 2.45) is 0 Å². The first-order valence-corrected chi connectivity index (χ1v) is 3.04. The summed E-state index contributed by atoms with van der Waals surface area (Å²) in [5.41, 5.74) is 0.378. The van der Waals surface area contributed by atoms with Crippen molar-refractivity contribution in [1.29, 1.82) is 0 Å². The molecule has 10 heavy (non-hydrogen) atoms. The van der Waals surface area contributed by atoms with Crippen LogP contribution in [0.2, 0.25) is 0 Å². The minimum atomic E-state index is -2.77. The Morgan fingerprint density at radius 1 is 1.30 bits per heavy atom. The molecule has 0 aliphatic carbocycles. The van der Waals surface area contributed by atoms with Gasteiger partial charge in [-0.1, -0.05) is 18.7 Å². The topological polar surface area (TPSA) is 0 Å². The van der Waals surface area contributed by atoms with E-state index in [1.165, 1.54) is 6.92 Å². The summed E-state index contributed by atoms with van der Waals surface area (Å²) in [6.07, 6.45) is -0.289. The zero-order valence-corrected chi connectivity index (χ0v) is 6.38. The molecule has 58 valence electrons. The van der Waals surface area contributed by atoms with Crippen LogP contribution in [0.5, 0.6) is 0 Å². The Bertz CT molecular complexity index is 157. The van der Waals surface area contributed by atoms with E-state index in [2.05, 4.69) is 13.2 Å². The Morgan fingerprint density at radius 2 is 1.70 bits per heavy atom. The Kier molecular flexibility index (Phi) is 2.76. The SMILES string of the molecule is C=C(C)CC(F)(F)C(=C)C. The van der Waals surface area contributed by atoms with Gasteiger partial charge in [0.05, 0.1) is 0 Å². The van der Waals surface area contributed by atoms with Gasteiger partial charge in [-0.2, -0.15) is 0 Å². The second-order valence-electron chi connectivity index (χ2n) is 2.62. The van der Waals surface area contributed by atoms with Crippen LogP contribution >= 0.6 is 0 Å². The third-order valence-corrected chi connectivity index (χ3v) is 1.15. The molecule has 0 N–H and O–H groups in total. The number of rotatable bonds is 3. The average molecular weight is 146 g/mol. The third kappa shape index (κ3) is 2.76. The van der Waals surface area contributed by atoms with Gasteiger partial charge in [0.2, 0.25) is 0 Å². The maximum atomic E-state index is 12.6. The van der Waals surface area contributed by atoms with Gasteiger partial charge in [-0.05, 0) is 19.4 Å². The van der Waals surface area contributed by atoms with E-state index in [4.69, 9.17) is 0 Å². The van der Waals surface area contributed by atoms with E-state index in [1.807, 2.05) is 0 Å². The lowest BCUT2D eigenvalue weighted by Crippen LogP contribution is -2.16. The molecule has 0 rings (SSSR count). The van der Waals surface area contributed by atoms with E-state index in [9.17, 15) is 8.78 Å². The van der Waals surface area contributed by atoms with E-state index < -0.39 is 5.92 Å². The van der Waals surface area contributed by atoms with Crippen LogP contribution in [0.15, 0.2) is 24.3 Å². The molecule has 0 unspecified atom stereocenters. The molecule has 0 aliphatic rings. The molecule has 0 aromatic carbocycles. The zero-order valence-electron chi connectivity index (χ0n) is 6.38. The summed E-state index contributed by atoms with van der Waals surface area (Å²) in [5, 5.41) is 0. The molecule has 0 nitrogen and oxygen atoms in total. The van der Waals surface area contributed by atoms with Crippen LogP contribution in [0.1, 0.15) is 20.3 Å². The first kappa shape index (κ1) is 9.34. The van der Waals surface area contributed by atoms with Gasteiger partial charge in [-0.15, -0.1) is 0 Å². The van der Waals surface area contributed by atoms with Gasteiger partial charge in [-0.3, -0.25) is 0 Å². The minimum absolute atomic E-state index is 0.101. The summed E-state index contributed by atoms with van der Waals surface area (Å²) in [6, 6.07) is 0. The summed E-state index contributed by atoms with van der Waals surface area (Å²) < 4.78 is 25.3. The molecule has 0 saturated heterocycles. The summed E-state index contributed by atoms with van der Waals surface area (Å²) in [5.74, 6) is -2.77. The second-order valence-corrected chi connectivity index (χ2v) is 2.62. The van der Waals surface area contributed by atoms with E-state index in [1.54, 1.807) is 6.92 Å². The summed E-state index contributed by atoms with van der Waals surface area (Å²) in [7, 11) is 0. The monoisotopic (exact) mass is 146 g/mol. The molecule has 0 bridgehead atoms. The molecule has 0 saturated carbocycles. The standard InChI is InChI=1S/C8H12F2/c1-6(2)5-8(9,10)7(3)4/h1,3,5H2,2,4H3. The zero-order chi connectivity index (χ0) is 8.36. The first-order chi connectivity index (χ1) is 4.36. The minimum Gasteiger partial charge on any atom is -0.201 e. The highest BCUT2D eigenvalue weighted by atomic mass is 19.3. The van der Waals surface area contributed by atoms with Crippen molar-refractivity contribution in [3.63, 3.8) is 0 Å². The van der Waals surface area contributed by atoms with Crippen molar-refractivity contribution in [3.05, 3.63) is 24.3 Å². The highest BCUT2D eigenvalue weighted by Gasteiger charge is 2.29. The van der Waals surface area contributed by atoms with Gasteiger partial charge in [-0.25, -0.2) is 8.78 Å². The van der Waals surface area contributed by atoms with E-state index in [0.29, 0.717) is 5.57 Å². The molecule has 0 radical (unpaired) electrons. The molecule has 0 heterocycles. The second kappa shape index (κ2) is 2.95. The van der Waals surface area contributed by atoms with Gasteiger partial charge >= 0.3 is 0 Å². The number of allylic oxidation sites excluding steroid dienone is 2. The molecule has 0 aromatic heterocycles. The van der Waals surface area contributed by atoms with Crippen molar-refractivity contribution >= 4 is 0 Å². The third-order valence-electron chi connectivity index (χ3n) is 1.15. The molecule has 0 aliphatic heterocycles. The Hall–Kier alpha value is -0.660. The van der Waals surface area contributed by atoms with Crippen molar-refractivity contribution in [2.45, 2.75) is 26.2 Å². The van der Waals surface area contributed by atoms with Crippen LogP contribution in [0, 0.1) is 0 Å². The van der Waals surface area contributed by atoms with E-state index >= 15 is 0 Å². The molecule has 2 heteroatoms. The average Bonchev–Trinajstić information content (AvgIpc) is 1.60. The maximum Gasteiger partial charge on any atom is 0.272 e. The number of halogens is 2. The number of alkyl halides is 2. The summed E-state index contributed by atoms with van der Waals surface area (Å²) >= 11 is 0. The van der Waals surface area contributed by atoms with Crippen LogP contribution in [0.25, 0.3) is 0 Å². The van der Waals surface area contributed by atoms with Crippen LogP contribution in [-0.4, -0.2) is 5.92 Å². The highest BCUT2D eigenvalue weighted by Crippen LogP contribution is 2.28. The van der Waals surface area contributed by atoms with E-state index in [-0.39, 0.29) is 12.0 Å². The molecule has 0 atom stereocenters. The van der Waals surface area contributed by atoms with Crippen LogP contribution < -0.4 is 0 Å². The largest absolute Gasteiger partial charge is 0.272 e. The van der Waals surface area contributed by atoms with Crippen molar-refractivity contribution in [2.75, 3.05) is 0 Å². The number of hydrogen-bond donors (Lipinski definition) is 0. The van der Waals surface area contributed by atoms with Crippen LogP contribution in [0.4, 0.5) is 8.78 Å². The normalized spacial score (nSPS) is 11.2. The molecule has 0 amide bonds. The van der Waals surface area contributed by atoms with Crippen molar-refractivity contribution in [1.82, 2.24) is 0 Å². The van der Waals surface area contributed by atoms with Gasteiger partial charge < -0.3 is 0 Å². The first-order valence-electron chi connectivity index (χ1n) is 3.04. The fraction of sp³-hybridized carbons (Fsp3) is 0.500. The Morgan fingerprint density at radius 3 is 1.80 bits per heavy atom. The van der Waals surface area contributed by atoms with Gasteiger partial charge in [0.15, 0.2) is 0 Å². The number of hydrogen-bond acceptors (Lipinski definition) is 0.